The molecule has 2 aliphatic rings. The maximum Gasteiger partial charge on any atom is 0.183 e. The molecule has 0 amide bonds. The highest BCUT2D eigenvalue weighted by atomic mass is 16.7. The molecule has 0 bridgehead atoms. The number of rotatable bonds is 2. The van der Waals surface area contributed by atoms with Gasteiger partial charge in [0.1, 0.15) is 18.3 Å². The van der Waals surface area contributed by atoms with Crippen molar-refractivity contribution in [1.82, 2.24) is 0 Å². The Bertz CT molecular complexity index is 183. The van der Waals surface area contributed by atoms with E-state index >= 15 is 0 Å². The van der Waals surface area contributed by atoms with Crippen molar-refractivity contribution in [3.05, 3.63) is 0 Å². The highest BCUT2D eigenvalue weighted by Crippen LogP contribution is 2.31. The van der Waals surface area contributed by atoms with Gasteiger partial charge in [-0.1, -0.05) is 0 Å². The summed E-state index contributed by atoms with van der Waals surface area (Å²) in [7, 11) is 0. The molecular weight excluding hydrogens is 176 g/mol. The number of aliphatic hydroxyl groups excluding tert-OH is 2. The first kappa shape index (κ1) is 9.36. The van der Waals surface area contributed by atoms with Crippen LogP contribution in [0.2, 0.25) is 0 Å². The van der Waals surface area contributed by atoms with Crippen LogP contribution in [-0.4, -0.2) is 54.1 Å². The Morgan fingerprint density at radius 1 is 1.31 bits per heavy atom. The first-order valence-corrected chi connectivity index (χ1v) is 4.44. The number of hydrogen-bond acceptors (Lipinski definition) is 5. The third-order valence-corrected chi connectivity index (χ3v) is 2.37. The lowest BCUT2D eigenvalue weighted by atomic mass is 10.1. The summed E-state index contributed by atoms with van der Waals surface area (Å²) in [6.45, 7) is 2.04. The van der Waals surface area contributed by atoms with Crippen molar-refractivity contribution in [3.8, 4) is 0 Å². The molecule has 5 nitrogen and oxygen atoms in total. The van der Waals surface area contributed by atoms with Crippen LogP contribution in [0.3, 0.4) is 0 Å². The zero-order chi connectivity index (χ0) is 9.42. The van der Waals surface area contributed by atoms with E-state index in [1.54, 1.807) is 0 Å². The molecule has 5 atom stereocenters. The molecule has 5 heteroatoms. The molecule has 2 fully saturated rings. The highest BCUT2D eigenvalue weighted by Gasteiger charge is 2.48. The van der Waals surface area contributed by atoms with E-state index in [1.807, 2.05) is 6.92 Å². The second-order valence-electron chi connectivity index (χ2n) is 3.43. The summed E-state index contributed by atoms with van der Waals surface area (Å²) in [5.41, 5.74) is 0. The van der Waals surface area contributed by atoms with E-state index in [9.17, 15) is 5.11 Å². The minimum atomic E-state index is -0.933. The van der Waals surface area contributed by atoms with Crippen molar-refractivity contribution in [1.29, 1.82) is 0 Å². The van der Waals surface area contributed by atoms with Gasteiger partial charge < -0.3 is 24.4 Å². The van der Waals surface area contributed by atoms with Gasteiger partial charge in [0, 0.05) is 0 Å². The van der Waals surface area contributed by atoms with Gasteiger partial charge in [-0.15, -0.1) is 0 Å². The smallest absolute Gasteiger partial charge is 0.183 e. The highest BCUT2D eigenvalue weighted by molar-refractivity contribution is 4.92. The van der Waals surface area contributed by atoms with Crippen LogP contribution >= 0.6 is 0 Å². The molecule has 0 aliphatic carbocycles. The van der Waals surface area contributed by atoms with E-state index in [4.69, 9.17) is 19.3 Å². The minimum absolute atomic E-state index is 0.0929. The lowest BCUT2D eigenvalue weighted by Crippen LogP contribution is -2.47. The molecule has 0 saturated carbocycles. The second kappa shape index (κ2) is 3.51. The molecule has 76 valence electrons. The SMILES string of the molecule is CC1OC1[C@H]1OC(CO)COC1O. The standard InChI is InChI=1S/C8H14O5/c1-4-6(12-4)7-8(10)11-3-5(2-9)13-7/h4-10H,2-3H2,1H3/t4?,5?,6?,7-,8?/m1/s1. The van der Waals surface area contributed by atoms with Crippen molar-refractivity contribution in [3.63, 3.8) is 0 Å². The van der Waals surface area contributed by atoms with E-state index < -0.39 is 12.4 Å². The van der Waals surface area contributed by atoms with Crippen molar-refractivity contribution in [2.24, 2.45) is 0 Å². The summed E-state index contributed by atoms with van der Waals surface area (Å²) in [6.07, 6.45) is -1.71. The van der Waals surface area contributed by atoms with Gasteiger partial charge in [0.2, 0.25) is 0 Å². The maximum atomic E-state index is 9.40. The normalized spacial score (nSPS) is 50.5. The Kier molecular flexibility index (Phi) is 2.53. The maximum absolute atomic E-state index is 9.40. The number of epoxide rings is 1. The molecular formula is C8H14O5. The van der Waals surface area contributed by atoms with E-state index in [0.717, 1.165) is 0 Å². The average molecular weight is 190 g/mol. The quantitative estimate of drug-likeness (QED) is 0.539. The van der Waals surface area contributed by atoms with E-state index in [1.165, 1.54) is 0 Å². The Morgan fingerprint density at radius 2 is 2.00 bits per heavy atom. The van der Waals surface area contributed by atoms with Crippen LogP contribution < -0.4 is 0 Å². The predicted molar refractivity (Wildman–Crippen MR) is 42.0 cm³/mol. The monoisotopic (exact) mass is 190 g/mol. The topological polar surface area (TPSA) is 71.5 Å². The molecule has 0 aromatic heterocycles. The molecule has 2 saturated heterocycles. The molecule has 0 radical (unpaired) electrons. The molecule has 13 heavy (non-hydrogen) atoms. The van der Waals surface area contributed by atoms with Crippen molar-refractivity contribution in [2.45, 2.75) is 37.6 Å². The number of ether oxygens (including phenoxy) is 3. The minimum Gasteiger partial charge on any atom is -0.394 e. The fourth-order valence-electron chi connectivity index (χ4n) is 1.51. The van der Waals surface area contributed by atoms with Crippen LogP contribution in [0.25, 0.3) is 0 Å². The van der Waals surface area contributed by atoms with Crippen molar-refractivity contribution < 1.29 is 24.4 Å². The van der Waals surface area contributed by atoms with E-state index in [2.05, 4.69) is 0 Å². The summed E-state index contributed by atoms with van der Waals surface area (Å²) in [4.78, 5) is 0. The largest absolute Gasteiger partial charge is 0.394 e. The van der Waals surface area contributed by atoms with Gasteiger partial charge in [0.25, 0.3) is 0 Å². The summed E-state index contributed by atoms with van der Waals surface area (Å²) < 4.78 is 15.6. The first-order valence-electron chi connectivity index (χ1n) is 4.44. The van der Waals surface area contributed by atoms with Gasteiger partial charge >= 0.3 is 0 Å². The Morgan fingerprint density at radius 3 is 2.54 bits per heavy atom. The van der Waals surface area contributed by atoms with Gasteiger partial charge in [-0.2, -0.15) is 0 Å². The fraction of sp³-hybridized carbons (Fsp3) is 1.00. The average Bonchev–Trinajstić information content (AvgIpc) is 2.83. The van der Waals surface area contributed by atoms with Gasteiger partial charge in [-0.3, -0.25) is 0 Å². The summed E-state index contributed by atoms with van der Waals surface area (Å²) in [5, 5.41) is 18.2. The summed E-state index contributed by atoms with van der Waals surface area (Å²) >= 11 is 0. The third kappa shape index (κ3) is 1.84. The Balaban J connectivity index is 1.91. The predicted octanol–water partition coefficient (Wildman–Crippen LogP) is -1.13. The van der Waals surface area contributed by atoms with Gasteiger partial charge in [-0.05, 0) is 6.92 Å². The molecule has 4 unspecified atom stereocenters. The molecule has 2 N–H and O–H groups in total. The first-order chi connectivity index (χ1) is 6.22. The Labute approximate surface area is 76.2 Å². The number of hydrogen-bond donors (Lipinski definition) is 2. The fourth-order valence-corrected chi connectivity index (χ4v) is 1.51. The molecule has 0 aromatic carbocycles. The molecule has 0 spiro atoms. The summed E-state index contributed by atoms with van der Waals surface area (Å²) in [5.74, 6) is 0. The third-order valence-electron chi connectivity index (χ3n) is 2.37. The van der Waals surface area contributed by atoms with Gasteiger partial charge in [-0.25, -0.2) is 0 Å². The van der Waals surface area contributed by atoms with E-state index in [0.29, 0.717) is 0 Å². The van der Waals surface area contributed by atoms with Crippen LogP contribution in [0, 0.1) is 0 Å². The Hall–Kier alpha value is -0.200. The van der Waals surface area contributed by atoms with Crippen LogP contribution in [0.4, 0.5) is 0 Å². The molecule has 0 aromatic rings. The summed E-state index contributed by atoms with van der Waals surface area (Å²) in [6, 6.07) is 0. The lowest BCUT2D eigenvalue weighted by Gasteiger charge is -2.32. The molecule has 2 heterocycles. The lowest BCUT2D eigenvalue weighted by molar-refractivity contribution is -0.261. The van der Waals surface area contributed by atoms with Crippen LogP contribution in [0.1, 0.15) is 6.92 Å². The van der Waals surface area contributed by atoms with Crippen molar-refractivity contribution in [2.75, 3.05) is 13.2 Å². The van der Waals surface area contributed by atoms with Crippen LogP contribution in [0.5, 0.6) is 0 Å². The van der Waals surface area contributed by atoms with Gasteiger partial charge in [0.05, 0.1) is 19.3 Å². The zero-order valence-electron chi connectivity index (χ0n) is 7.42. The van der Waals surface area contributed by atoms with E-state index in [-0.39, 0.29) is 31.5 Å². The van der Waals surface area contributed by atoms with Crippen molar-refractivity contribution >= 4 is 0 Å². The molecule has 2 aliphatic heterocycles. The number of aliphatic hydroxyl groups is 2. The van der Waals surface area contributed by atoms with Crippen LogP contribution in [-0.2, 0) is 14.2 Å². The second-order valence-corrected chi connectivity index (χ2v) is 3.43. The molecule has 2 rings (SSSR count). The van der Waals surface area contributed by atoms with Gasteiger partial charge in [0.15, 0.2) is 6.29 Å². The zero-order valence-corrected chi connectivity index (χ0v) is 7.42. The van der Waals surface area contributed by atoms with Crippen LogP contribution in [0.15, 0.2) is 0 Å².